The summed E-state index contributed by atoms with van der Waals surface area (Å²) >= 11 is 0. The van der Waals surface area contributed by atoms with Gasteiger partial charge in [-0.1, -0.05) is 13.8 Å². The molecule has 2 heteroatoms. The number of hydrogen-bond donors (Lipinski definition) is 2. The van der Waals surface area contributed by atoms with E-state index >= 15 is 0 Å². The van der Waals surface area contributed by atoms with Gasteiger partial charge >= 0.3 is 0 Å². The normalized spacial score (nSPS) is 30.5. The van der Waals surface area contributed by atoms with Crippen molar-refractivity contribution in [3.63, 3.8) is 0 Å². The van der Waals surface area contributed by atoms with Crippen molar-refractivity contribution >= 4 is 0 Å². The van der Waals surface area contributed by atoms with E-state index in [-0.39, 0.29) is 6.61 Å². The molecule has 0 aromatic heterocycles. The molecule has 1 rings (SSSR count). The maximum absolute atomic E-state index is 9.08. The van der Waals surface area contributed by atoms with Crippen LogP contribution in [0.1, 0.15) is 33.1 Å². The predicted molar refractivity (Wildman–Crippen MR) is 50.8 cm³/mol. The van der Waals surface area contributed by atoms with Crippen molar-refractivity contribution in [3.05, 3.63) is 0 Å². The molecule has 1 fully saturated rings. The van der Waals surface area contributed by atoms with Crippen molar-refractivity contribution in [2.24, 2.45) is 23.0 Å². The van der Waals surface area contributed by atoms with E-state index in [1.807, 2.05) is 0 Å². The average Bonchev–Trinajstić information content (AvgIpc) is 2.34. The minimum atomic E-state index is 0.261. The van der Waals surface area contributed by atoms with E-state index in [4.69, 9.17) is 10.8 Å². The number of rotatable bonds is 3. The molecule has 2 nitrogen and oxygen atoms in total. The third kappa shape index (κ3) is 2.20. The van der Waals surface area contributed by atoms with E-state index in [1.54, 1.807) is 0 Å². The maximum Gasteiger partial charge on any atom is 0.0473 e. The Kier molecular flexibility index (Phi) is 3.13. The Hall–Kier alpha value is -0.0800. The zero-order valence-electron chi connectivity index (χ0n) is 8.21. The van der Waals surface area contributed by atoms with E-state index in [0.29, 0.717) is 23.8 Å². The van der Waals surface area contributed by atoms with Gasteiger partial charge in [-0.05, 0) is 43.1 Å². The van der Waals surface area contributed by atoms with Crippen LogP contribution in [0.5, 0.6) is 0 Å². The molecule has 1 aliphatic rings. The lowest BCUT2D eigenvalue weighted by atomic mass is 9.86. The number of hydrogen-bond acceptors (Lipinski definition) is 2. The van der Waals surface area contributed by atoms with Gasteiger partial charge in [0.15, 0.2) is 0 Å². The first-order valence-corrected chi connectivity index (χ1v) is 4.90. The SMILES string of the molecule is CC1(C)CCC(C(CN)CO)C1. The Bertz CT molecular complexity index is 141. The van der Waals surface area contributed by atoms with Gasteiger partial charge in [0.05, 0.1) is 0 Å². The van der Waals surface area contributed by atoms with Gasteiger partial charge in [-0.3, -0.25) is 0 Å². The minimum absolute atomic E-state index is 0.261. The third-order valence-corrected chi connectivity index (χ3v) is 3.21. The van der Waals surface area contributed by atoms with Crippen LogP contribution in [0.3, 0.4) is 0 Å². The zero-order valence-corrected chi connectivity index (χ0v) is 8.21. The predicted octanol–water partition coefficient (Wildman–Crippen LogP) is 1.38. The van der Waals surface area contributed by atoms with Crippen LogP contribution in [0.25, 0.3) is 0 Å². The van der Waals surface area contributed by atoms with Crippen molar-refractivity contribution in [2.75, 3.05) is 13.2 Å². The number of aliphatic hydroxyl groups is 1. The van der Waals surface area contributed by atoms with Gasteiger partial charge < -0.3 is 10.8 Å². The molecule has 0 radical (unpaired) electrons. The summed E-state index contributed by atoms with van der Waals surface area (Å²) in [6, 6.07) is 0. The fourth-order valence-corrected chi connectivity index (χ4v) is 2.31. The van der Waals surface area contributed by atoms with Gasteiger partial charge in [0.2, 0.25) is 0 Å². The molecule has 0 amide bonds. The molecular formula is C10H21NO. The van der Waals surface area contributed by atoms with Crippen molar-refractivity contribution in [3.8, 4) is 0 Å². The second kappa shape index (κ2) is 3.75. The van der Waals surface area contributed by atoms with Gasteiger partial charge in [-0.2, -0.15) is 0 Å². The monoisotopic (exact) mass is 171 g/mol. The van der Waals surface area contributed by atoms with Crippen LogP contribution in [0.15, 0.2) is 0 Å². The van der Waals surface area contributed by atoms with Gasteiger partial charge in [-0.15, -0.1) is 0 Å². The van der Waals surface area contributed by atoms with Gasteiger partial charge in [0.1, 0.15) is 0 Å². The van der Waals surface area contributed by atoms with Crippen molar-refractivity contribution in [1.82, 2.24) is 0 Å². The van der Waals surface area contributed by atoms with Crippen LogP contribution in [-0.2, 0) is 0 Å². The van der Waals surface area contributed by atoms with Crippen molar-refractivity contribution < 1.29 is 5.11 Å². The quantitative estimate of drug-likeness (QED) is 0.674. The van der Waals surface area contributed by atoms with E-state index in [0.717, 1.165) is 0 Å². The first-order chi connectivity index (χ1) is 5.59. The third-order valence-electron chi connectivity index (χ3n) is 3.21. The van der Waals surface area contributed by atoms with Crippen LogP contribution >= 0.6 is 0 Å². The molecule has 1 aliphatic carbocycles. The highest BCUT2D eigenvalue weighted by molar-refractivity contribution is 4.85. The van der Waals surface area contributed by atoms with Crippen LogP contribution < -0.4 is 5.73 Å². The van der Waals surface area contributed by atoms with Crippen molar-refractivity contribution in [2.45, 2.75) is 33.1 Å². The van der Waals surface area contributed by atoms with E-state index in [1.165, 1.54) is 19.3 Å². The first-order valence-electron chi connectivity index (χ1n) is 4.90. The zero-order chi connectivity index (χ0) is 9.19. The lowest BCUT2D eigenvalue weighted by Crippen LogP contribution is -2.25. The van der Waals surface area contributed by atoms with E-state index < -0.39 is 0 Å². The Morgan fingerprint density at radius 2 is 2.25 bits per heavy atom. The lowest BCUT2D eigenvalue weighted by molar-refractivity contribution is 0.174. The largest absolute Gasteiger partial charge is 0.396 e. The molecule has 3 N–H and O–H groups in total. The van der Waals surface area contributed by atoms with Crippen LogP contribution in [0.2, 0.25) is 0 Å². The summed E-state index contributed by atoms with van der Waals surface area (Å²) in [7, 11) is 0. The summed E-state index contributed by atoms with van der Waals surface area (Å²) in [5.41, 5.74) is 6.07. The summed E-state index contributed by atoms with van der Waals surface area (Å²) in [5, 5.41) is 9.08. The Labute approximate surface area is 75.2 Å². The van der Waals surface area contributed by atoms with Crippen LogP contribution in [0.4, 0.5) is 0 Å². The fourth-order valence-electron chi connectivity index (χ4n) is 2.31. The number of aliphatic hydroxyl groups excluding tert-OH is 1. The molecule has 0 bridgehead atoms. The maximum atomic E-state index is 9.08. The Morgan fingerprint density at radius 1 is 1.58 bits per heavy atom. The van der Waals surface area contributed by atoms with Gasteiger partial charge in [0, 0.05) is 6.61 Å². The molecule has 2 unspecified atom stereocenters. The molecule has 72 valence electrons. The van der Waals surface area contributed by atoms with Gasteiger partial charge in [0.25, 0.3) is 0 Å². The van der Waals surface area contributed by atoms with Crippen LogP contribution in [0, 0.1) is 17.3 Å². The molecule has 0 saturated heterocycles. The highest BCUT2D eigenvalue weighted by Crippen LogP contribution is 2.43. The average molecular weight is 171 g/mol. The summed E-state index contributed by atoms with van der Waals surface area (Å²) < 4.78 is 0. The summed E-state index contributed by atoms with van der Waals surface area (Å²) in [5.74, 6) is 1.00. The molecule has 1 saturated carbocycles. The standard InChI is InChI=1S/C10H21NO/c1-10(2)4-3-8(5-10)9(6-11)7-12/h8-9,12H,3-7,11H2,1-2H3. The molecule has 0 spiro atoms. The smallest absolute Gasteiger partial charge is 0.0473 e. The molecule has 12 heavy (non-hydrogen) atoms. The van der Waals surface area contributed by atoms with E-state index in [9.17, 15) is 0 Å². The second-order valence-electron chi connectivity index (χ2n) is 4.85. The lowest BCUT2D eigenvalue weighted by Gasteiger charge is -2.22. The molecular weight excluding hydrogens is 150 g/mol. The fraction of sp³-hybridized carbons (Fsp3) is 1.00. The molecule has 2 atom stereocenters. The summed E-state index contributed by atoms with van der Waals surface area (Å²) in [6.07, 6.45) is 3.76. The Morgan fingerprint density at radius 3 is 2.58 bits per heavy atom. The van der Waals surface area contributed by atoms with Gasteiger partial charge in [-0.25, -0.2) is 0 Å². The molecule has 0 heterocycles. The highest BCUT2D eigenvalue weighted by Gasteiger charge is 2.34. The topological polar surface area (TPSA) is 46.2 Å². The van der Waals surface area contributed by atoms with Crippen molar-refractivity contribution in [1.29, 1.82) is 0 Å². The highest BCUT2D eigenvalue weighted by atomic mass is 16.3. The first kappa shape index (κ1) is 10.0. The van der Waals surface area contributed by atoms with E-state index in [2.05, 4.69) is 13.8 Å². The minimum Gasteiger partial charge on any atom is -0.396 e. The number of nitrogens with two attached hydrogens (primary N) is 1. The molecule has 0 aromatic rings. The second-order valence-corrected chi connectivity index (χ2v) is 4.85. The summed E-state index contributed by atoms with van der Waals surface area (Å²) in [4.78, 5) is 0. The molecule has 0 aromatic carbocycles. The Balaban J connectivity index is 2.45. The van der Waals surface area contributed by atoms with Crippen LogP contribution in [-0.4, -0.2) is 18.3 Å². The molecule has 0 aliphatic heterocycles. The summed E-state index contributed by atoms with van der Waals surface area (Å²) in [6.45, 7) is 5.50.